The van der Waals surface area contributed by atoms with Crippen molar-refractivity contribution in [1.82, 2.24) is 19.7 Å². The fourth-order valence-electron chi connectivity index (χ4n) is 3.41. The van der Waals surface area contributed by atoms with E-state index in [0.717, 1.165) is 44.2 Å². The molecule has 0 radical (unpaired) electrons. The smallest absolute Gasteiger partial charge is 0.161 e. The third kappa shape index (κ3) is 2.73. The SMILES string of the molecule is Cc1cc#cc(-n2cnc3c2=CC(C)C(Nc2nncc4ccccc24)=C=3)c1. The summed E-state index contributed by atoms with van der Waals surface area (Å²) in [6.45, 7) is 4.17. The monoisotopic (exact) mass is 363 g/mol. The Balaban J connectivity index is 1.63. The normalized spacial score (nSPS) is 15.1. The summed E-state index contributed by atoms with van der Waals surface area (Å²) < 4.78 is 2.02. The van der Waals surface area contributed by atoms with E-state index in [1.54, 1.807) is 12.5 Å². The molecule has 5 nitrogen and oxygen atoms in total. The fourth-order valence-corrected chi connectivity index (χ4v) is 3.41. The molecule has 2 aromatic carbocycles. The Morgan fingerprint density at radius 3 is 3.00 bits per heavy atom. The molecule has 28 heavy (non-hydrogen) atoms. The number of aromatic nitrogens is 4. The van der Waals surface area contributed by atoms with Crippen LogP contribution in [0.25, 0.3) is 28.3 Å². The van der Waals surface area contributed by atoms with E-state index in [0.29, 0.717) is 0 Å². The summed E-state index contributed by atoms with van der Waals surface area (Å²) in [5.74, 6) is 0.850. The maximum Gasteiger partial charge on any atom is 0.161 e. The van der Waals surface area contributed by atoms with Gasteiger partial charge in [0.2, 0.25) is 0 Å². The second-order valence-electron chi connectivity index (χ2n) is 6.94. The van der Waals surface area contributed by atoms with Gasteiger partial charge in [0.25, 0.3) is 0 Å². The first kappa shape index (κ1) is 16.3. The molecule has 2 heterocycles. The quantitative estimate of drug-likeness (QED) is 0.608. The van der Waals surface area contributed by atoms with E-state index >= 15 is 0 Å². The maximum absolute atomic E-state index is 4.54. The number of rotatable bonds is 3. The first-order valence-corrected chi connectivity index (χ1v) is 9.13. The van der Waals surface area contributed by atoms with Crippen molar-refractivity contribution in [3.63, 3.8) is 0 Å². The minimum Gasteiger partial charge on any atom is -0.335 e. The molecule has 0 saturated heterocycles. The van der Waals surface area contributed by atoms with E-state index < -0.39 is 0 Å². The van der Waals surface area contributed by atoms with E-state index in [-0.39, 0.29) is 5.92 Å². The number of allylic oxidation sites excluding steroid dienone is 1. The highest BCUT2D eigenvalue weighted by atomic mass is 15.2. The highest BCUT2D eigenvalue weighted by molar-refractivity contribution is 5.91. The van der Waals surface area contributed by atoms with Crippen LogP contribution in [0.15, 0.2) is 54.6 Å². The van der Waals surface area contributed by atoms with E-state index in [9.17, 15) is 0 Å². The number of hydrogen-bond donors (Lipinski definition) is 1. The van der Waals surface area contributed by atoms with Gasteiger partial charge in [0.15, 0.2) is 5.82 Å². The van der Waals surface area contributed by atoms with Gasteiger partial charge in [0.1, 0.15) is 11.7 Å². The molecule has 1 aliphatic rings. The van der Waals surface area contributed by atoms with Crippen LogP contribution in [0.3, 0.4) is 0 Å². The molecule has 134 valence electrons. The van der Waals surface area contributed by atoms with Crippen molar-refractivity contribution >= 4 is 28.4 Å². The summed E-state index contributed by atoms with van der Waals surface area (Å²) in [5, 5.41) is 15.7. The number of anilines is 1. The molecule has 0 amide bonds. The van der Waals surface area contributed by atoms with Crippen molar-refractivity contribution in [2.75, 3.05) is 5.32 Å². The Kier molecular flexibility index (Phi) is 3.72. The number of nitrogens with zero attached hydrogens (tertiary/aromatic N) is 4. The Bertz CT molecular complexity index is 1350. The molecular weight excluding hydrogens is 346 g/mol. The Hall–Kier alpha value is -3.87. The summed E-state index contributed by atoms with van der Waals surface area (Å²) in [4.78, 5) is 4.54. The van der Waals surface area contributed by atoms with Crippen molar-refractivity contribution < 1.29 is 0 Å². The average Bonchev–Trinajstić information content (AvgIpc) is 3.11. The van der Waals surface area contributed by atoms with Gasteiger partial charge in [-0.15, -0.1) is 5.10 Å². The maximum atomic E-state index is 4.54. The molecule has 1 atom stereocenters. The molecule has 0 fully saturated rings. The highest BCUT2D eigenvalue weighted by Crippen LogP contribution is 2.23. The zero-order valence-corrected chi connectivity index (χ0v) is 15.6. The predicted molar refractivity (Wildman–Crippen MR) is 109 cm³/mol. The summed E-state index contributed by atoms with van der Waals surface area (Å²) in [6, 6.07) is 18.3. The Morgan fingerprint density at radius 2 is 2.11 bits per heavy atom. The molecule has 0 bridgehead atoms. The molecular formula is C23H17N5. The summed E-state index contributed by atoms with van der Waals surface area (Å²) >= 11 is 0. The standard InChI is InChI=1S/C23H17N5/c1-15-6-5-8-18(10-15)28-14-24-21-12-20(16(2)11-22(21)28)26-23-19-9-4-3-7-17(19)13-25-27-23/h3-4,6-7,9-11,13-14,16H,1-2H3,(H,26,27). The lowest BCUT2D eigenvalue weighted by Gasteiger charge is -2.15. The summed E-state index contributed by atoms with van der Waals surface area (Å²) in [7, 11) is 0. The first-order valence-electron chi connectivity index (χ1n) is 9.13. The summed E-state index contributed by atoms with van der Waals surface area (Å²) in [5.41, 5.74) is 6.40. The van der Waals surface area contributed by atoms with Crippen LogP contribution in [-0.4, -0.2) is 19.7 Å². The number of imidazole rings is 1. The van der Waals surface area contributed by atoms with Gasteiger partial charge in [0, 0.05) is 16.7 Å². The zero-order valence-electron chi connectivity index (χ0n) is 15.6. The topological polar surface area (TPSA) is 55.6 Å². The van der Waals surface area contributed by atoms with Crippen LogP contribution in [-0.2, 0) is 0 Å². The second-order valence-corrected chi connectivity index (χ2v) is 6.94. The molecule has 0 aliphatic heterocycles. The lowest BCUT2D eigenvalue weighted by molar-refractivity contribution is 0.892. The van der Waals surface area contributed by atoms with Crippen LogP contribution in [0.5, 0.6) is 0 Å². The number of nitrogens with one attached hydrogen (secondary N) is 1. The van der Waals surface area contributed by atoms with Crippen molar-refractivity contribution in [3.8, 4) is 5.69 Å². The number of fused-ring (bicyclic) bond motifs is 2. The van der Waals surface area contributed by atoms with Crippen LogP contribution < -0.4 is 16.0 Å². The van der Waals surface area contributed by atoms with E-state index in [2.05, 4.69) is 57.4 Å². The third-order valence-electron chi connectivity index (χ3n) is 4.87. The van der Waals surface area contributed by atoms with Crippen molar-refractivity contribution in [3.05, 3.63) is 83.0 Å². The van der Waals surface area contributed by atoms with E-state index in [1.807, 2.05) is 41.8 Å². The van der Waals surface area contributed by atoms with Gasteiger partial charge in [0.05, 0.1) is 22.9 Å². The van der Waals surface area contributed by atoms with Gasteiger partial charge in [-0.3, -0.25) is 4.57 Å². The minimum absolute atomic E-state index is 0.123. The van der Waals surface area contributed by atoms with E-state index in [1.165, 1.54) is 0 Å². The zero-order chi connectivity index (χ0) is 19.1. The lowest BCUT2D eigenvalue weighted by Crippen LogP contribution is -2.33. The lowest BCUT2D eigenvalue weighted by atomic mass is 10.0. The Morgan fingerprint density at radius 1 is 1.21 bits per heavy atom. The van der Waals surface area contributed by atoms with Gasteiger partial charge >= 0.3 is 0 Å². The van der Waals surface area contributed by atoms with Crippen molar-refractivity contribution in [1.29, 1.82) is 0 Å². The van der Waals surface area contributed by atoms with Crippen LogP contribution in [0.2, 0.25) is 0 Å². The third-order valence-corrected chi connectivity index (χ3v) is 4.87. The molecule has 1 aliphatic carbocycles. The first-order chi connectivity index (χ1) is 13.7. The van der Waals surface area contributed by atoms with Crippen LogP contribution in [0.1, 0.15) is 12.5 Å². The van der Waals surface area contributed by atoms with Gasteiger partial charge in [-0.05, 0) is 36.8 Å². The molecule has 5 heteroatoms. The van der Waals surface area contributed by atoms with Crippen LogP contribution in [0, 0.1) is 25.0 Å². The molecule has 1 unspecified atom stereocenters. The fraction of sp³-hybridized carbons (Fsp3) is 0.130. The summed E-state index contributed by atoms with van der Waals surface area (Å²) in [6.07, 6.45) is 5.75. The molecule has 4 aromatic rings. The molecule has 1 N–H and O–H groups in total. The Labute approximate surface area is 162 Å². The number of hydrogen-bond acceptors (Lipinski definition) is 4. The van der Waals surface area contributed by atoms with Gasteiger partial charge in [-0.25, -0.2) is 4.98 Å². The molecule has 0 saturated carbocycles. The number of aryl methyl sites for hydroxylation is 1. The van der Waals surface area contributed by atoms with Gasteiger partial charge in [-0.2, -0.15) is 5.10 Å². The van der Waals surface area contributed by atoms with Crippen molar-refractivity contribution in [2.45, 2.75) is 13.8 Å². The predicted octanol–water partition coefficient (Wildman–Crippen LogP) is 2.53. The molecule has 0 spiro atoms. The minimum atomic E-state index is 0.123. The largest absolute Gasteiger partial charge is 0.335 e. The highest BCUT2D eigenvalue weighted by Gasteiger charge is 2.14. The molecule has 2 aromatic heterocycles. The molecule has 5 rings (SSSR count). The average molecular weight is 363 g/mol. The van der Waals surface area contributed by atoms with E-state index in [4.69, 9.17) is 0 Å². The van der Waals surface area contributed by atoms with Gasteiger partial charge < -0.3 is 5.32 Å². The second kappa shape index (κ2) is 6.38. The number of benzene rings is 1. The van der Waals surface area contributed by atoms with Crippen molar-refractivity contribution in [2.24, 2.45) is 5.92 Å². The van der Waals surface area contributed by atoms with Crippen LogP contribution >= 0.6 is 0 Å². The van der Waals surface area contributed by atoms with Gasteiger partial charge in [-0.1, -0.05) is 43.0 Å². The van der Waals surface area contributed by atoms with Crippen LogP contribution in [0.4, 0.5) is 5.82 Å².